The number of ether oxygens (including phenoxy) is 1. The molecule has 4 heteroatoms. The van der Waals surface area contributed by atoms with Crippen molar-refractivity contribution in [2.45, 2.75) is 13.8 Å². The topological polar surface area (TPSA) is 66.8 Å². The Labute approximate surface area is 93.8 Å². The minimum atomic E-state index is -1.12. The third kappa shape index (κ3) is 3.02. The van der Waals surface area contributed by atoms with Crippen molar-refractivity contribution in [2.24, 2.45) is 0 Å². The summed E-state index contributed by atoms with van der Waals surface area (Å²) in [5.41, 5.74) is 1.33. The Hall–Kier alpha value is -1.97. The maximum absolute atomic E-state index is 10.8. The Balaban J connectivity index is 3.03. The van der Waals surface area contributed by atoms with Crippen LogP contribution < -0.4 is 0 Å². The van der Waals surface area contributed by atoms with Gasteiger partial charge >= 0.3 is 5.97 Å². The molecule has 0 aliphatic rings. The van der Waals surface area contributed by atoms with E-state index in [-0.39, 0.29) is 18.1 Å². The second-order valence-electron chi connectivity index (χ2n) is 3.29. The Morgan fingerprint density at radius 3 is 2.69 bits per heavy atom. The van der Waals surface area contributed by atoms with Crippen molar-refractivity contribution < 1.29 is 19.7 Å². The van der Waals surface area contributed by atoms with Crippen molar-refractivity contribution in [3.8, 4) is 5.75 Å². The monoisotopic (exact) mass is 222 g/mol. The van der Waals surface area contributed by atoms with Crippen LogP contribution in [0, 0.1) is 6.92 Å². The second-order valence-corrected chi connectivity index (χ2v) is 3.29. The smallest absolute Gasteiger partial charge is 0.371 e. The molecule has 4 nitrogen and oxygen atoms in total. The molecule has 16 heavy (non-hydrogen) atoms. The van der Waals surface area contributed by atoms with Gasteiger partial charge in [0.15, 0.2) is 0 Å². The molecule has 0 aromatic heterocycles. The molecule has 0 amide bonds. The highest BCUT2D eigenvalue weighted by Gasteiger charge is 2.08. The molecule has 1 aromatic carbocycles. The predicted molar refractivity (Wildman–Crippen MR) is 60.1 cm³/mol. The lowest BCUT2D eigenvalue weighted by atomic mass is 10.1. The number of rotatable bonds is 4. The maximum Gasteiger partial charge on any atom is 0.371 e. The van der Waals surface area contributed by atoms with Crippen LogP contribution in [-0.2, 0) is 9.53 Å². The molecule has 0 spiro atoms. The van der Waals surface area contributed by atoms with Gasteiger partial charge in [-0.05, 0) is 37.1 Å². The molecular weight excluding hydrogens is 208 g/mol. The summed E-state index contributed by atoms with van der Waals surface area (Å²) in [5.74, 6) is -1.12. The Morgan fingerprint density at radius 1 is 1.50 bits per heavy atom. The minimum absolute atomic E-state index is 0.134. The van der Waals surface area contributed by atoms with Crippen molar-refractivity contribution >= 4 is 12.0 Å². The summed E-state index contributed by atoms with van der Waals surface area (Å²) in [6.07, 6.45) is 1.38. The Kier molecular flexibility index (Phi) is 3.94. The van der Waals surface area contributed by atoms with Crippen molar-refractivity contribution in [3.63, 3.8) is 0 Å². The quantitative estimate of drug-likeness (QED) is 0.605. The number of hydrogen-bond acceptors (Lipinski definition) is 3. The van der Waals surface area contributed by atoms with E-state index >= 15 is 0 Å². The van der Waals surface area contributed by atoms with Crippen molar-refractivity contribution in [1.29, 1.82) is 0 Å². The molecule has 1 aromatic rings. The fraction of sp³-hybridized carbons (Fsp3) is 0.250. The van der Waals surface area contributed by atoms with Crippen LogP contribution in [0.3, 0.4) is 0 Å². The molecule has 0 aliphatic heterocycles. The van der Waals surface area contributed by atoms with Gasteiger partial charge in [-0.2, -0.15) is 0 Å². The Bertz CT molecular complexity index is 421. The van der Waals surface area contributed by atoms with E-state index in [1.165, 1.54) is 12.1 Å². The van der Waals surface area contributed by atoms with E-state index in [2.05, 4.69) is 0 Å². The lowest BCUT2D eigenvalue weighted by molar-refractivity contribution is -0.136. The van der Waals surface area contributed by atoms with Crippen LogP contribution in [0.2, 0.25) is 0 Å². The van der Waals surface area contributed by atoms with Gasteiger partial charge in [0.1, 0.15) is 5.75 Å². The number of aromatic hydroxyl groups is 1. The number of carboxylic acids is 1. The summed E-state index contributed by atoms with van der Waals surface area (Å²) in [4.78, 5) is 10.8. The summed E-state index contributed by atoms with van der Waals surface area (Å²) >= 11 is 0. The van der Waals surface area contributed by atoms with E-state index in [1.54, 1.807) is 26.0 Å². The van der Waals surface area contributed by atoms with Gasteiger partial charge in [-0.25, -0.2) is 4.79 Å². The molecule has 1 rings (SSSR count). The van der Waals surface area contributed by atoms with Gasteiger partial charge < -0.3 is 14.9 Å². The standard InChI is InChI=1S/C12H14O4/c1-3-16-11(12(14)15)7-9-5-4-8(2)10(13)6-9/h4-7,13H,3H2,1-2H3,(H,14,15)/b11-7-. The van der Waals surface area contributed by atoms with Gasteiger partial charge in [-0.1, -0.05) is 12.1 Å². The van der Waals surface area contributed by atoms with Crippen LogP contribution in [-0.4, -0.2) is 22.8 Å². The molecule has 86 valence electrons. The average molecular weight is 222 g/mol. The zero-order valence-corrected chi connectivity index (χ0v) is 9.23. The summed E-state index contributed by atoms with van der Waals surface area (Å²) < 4.78 is 4.96. The van der Waals surface area contributed by atoms with Gasteiger partial charge in [0, 0.05) is 0 Å². The normalized spacial score (nSPS) is 11.2. The third-order valence-electron chi connectivity index (χ3n) is 2.04. The first-order valence-electron chi connectivity index (χ1n) is 4.92. The van der Waals surface area contributed by atoms with E-state index in [0.29, 0.717) is 5.56 Å². The van der Waals surface area contributed by atoms with Gasteiger partial charge in [0.2, 0.25) is 5.76 Å². The molecule has 0 radical (unpaired) electrons. The number of benzene rings is 1. The fourth-order valence-corrected chi connectivity index (χ4v) is 1.19. The molecular formula is C12H14O4. The highest BCUT2D eigenvalue weighted by Crippen LogP contribution is 2.19. The second kappa shape index (κ2) is 5.21. The predicted octanol–water partition coefficient (Wildman–Crippen LogP) is 2.16. The molecule has 0 saturated heterocycles. The minimum Gasteiger partial charge on any atom is -0.508 e. The van der Waals surface area contributed by atoms with Gasteiger partial charge in [0.25, 0.3) is 0 Å². The van der Waals surface area contributed by atoms with E-state index in [1.807, 2.05) is 0 Å². The maximum atomic E-state index is 10.8. The highest BCUT2D eigenvalue weighted by atomic mass is 16.5. The number of carboxylic acid groups (broad SMARTS) is 1. The van der Waals surface area contributed by atoms with Crippen LogP contribution in [0.4, 0.5) is 0 Å². The summed E-state index contributed by atoms with van der Waals surface area (Å²) in [6, 6.07) is 4.93. The van der Waals surface area contributed by atoms with Crippen LogP contribution in [0.5, 0.6) is 5.75 Å². The summed E-state index contributed by atoms with van der Waals surface area (Å²) in [7, 11) is 0. The van der Waals surface area contributed by atoms with Crippen LogP contribution in [0.25, 0.3) is 6.08 Å². The van der Waals surface area contributed by atoms with E-state index in [0.717, 1.165) is 5.56 Å². The van der Waals surface area contributed by atoms with Crippen LogP contribution in [0.15, 0.2) is 24.0 Å². The number of aryl methyl sites for hydroxylation is 1. The van der Waals surface area contributed by atoms with Gasteiger partial charge in [-0.3, -0.25) is 0 Å². The van der Waals surface area contributed by atoms with Gasteiger partial charge in [0.05, 0.1) is 6.61 Å². The average Bonchev–Trinajstić information content (AvgIpc) is 2.22. The third-order valence-corrected chi connectivity index (χ3v) is 2.04. The van der Waals surface area contributed by atoms with Crippen LogP contribution >= 0.6 is 0 Å². The summed E-state index contributed by atoms with van der Waals surface area (Å²) in [5, 5.41) is 18.3. The molecule has 0 bridgehead atoms. The largest absolute Gasteiger partial charge is 0.508 e. The lowest BCUT2D eigenvalue weighted by Crippen LogP contribution is -2.04. The van der Waals surface area contributed by atoms with Crippen LogP contribution in [0.1, 0.15) is 18.1 Å². The lowest BCUT2D eigenvalue weighted by Gasteiger charge is -2.04. The summed E-state index contributed by atoms with van der Waals surface area (Å²) in [6.45, 7) is 3.77. The van der Waals surface area contributed by atoms with Crippen molar-refractivity contribution in [1.82, 2.24) is 0 Å². The molecule has 2 N–H and O–H groups in total. The first-order chi connectivity index (χ1) is 7.54. The number of phenols is 1. The number of phenolic OH excluding ortho intramolecular Hbond substituents is 1. The molecule has 0 atom stereocenters. The zero-order valence-electron chi connectivity index (χ0n) is 9.23. The number of hydrogen-bond donors (Lipinski definition) is 2. The SMILES string of the molecule is CCO/C(=C\c1ccc(C)c(O)c1)C(=O)O. The van der Waals surface area contributed by atoms with Crippen molar-refractivity contribution in [3.05, 3.63) is 35.1 Å². The zero-order chi connectivity index (χ0) is 12.1. The molecule has 0 saturated carbocycles. The first-order valence-corrected chi connectivity index (χ1v) is 4.92. The fourth-order valence-electron chi connectivity index (χ4n) is 1.19. The highest BCUT2D eigenvalue weighted by molar-refractivity contribution is 5.89. The van der Waals surface area contributed by atoms with E-state index in [4.69, 9.17) is 9.84 Å². The molecule has 0 aliphatic carbocycles. The molecule has 0 fully saturated rings. The Morgan fingerprint density at radius 2 is 2.19 bits per heavy atom. The van der Waals surface area contributed by atoms with Crippen molar-refractivity contribution in [2.75, 3.05) is 6.61 Å². The molecule has 0 unspecified atom stereocenters. The number of aliphatic carboxylic acids is 1. The number of carbonyl (C=O) groups is 1. The molecule has 0 heterocycles. The van der Waals surface area contributed by atoms with E-state index < -0.39 is 5.97 Å². The van der Waals surface area contributed by atoms with Gasteiger partial charge in [-0.15, -0.1) is 0 Å². The van der Waals surface area contributed by atoms with E-state index in [9.17, 15) is 9.90 Å². The first kappa shape index (κ1) is 12.1.